The molecule has 3 aliphatic rings. The number of nitrogens with zero attached hydrogens (tertiary/aromatic N) is 5. The van der Waals surface area contributed by atoms with Gasteiger partial charge in [-0.3, -0.25) is 0 Å². The molecule has 0 spiro atoms. The molecule has 3 aromatic rings. The molecular weight excluding hydrogens is 1580 g/mol. The quantitative estimate of drug-likeness (QED) is 0.0238. The SMILES string of the molecule is CC1(C)C(/C=C/C2=C(c3cccc(OCCCCO)c3)C(=C/C=C3\N(CCCCS(=O)(=O)[O-])c4ccc(S(=O)(=O)[O-])cc4C3(C)C)/CCC2)=[N+](CCCCS(=O)(=O)[O-])c2ccc(S(=O)(=O)[O-])cc21.CCCC[N+](CCCC)(CCCC)CCCC.CCCC[N+](CCCC)(CCCC)CCCC.CCCC[N+](CCCC)(CCCC)CCCC. The lowest BCUT2D eigenvalue weighted by molar-refractivity contribution is -0.929. The molecule has 682 valence electrons. The van der Waals surface area contributed by atoms with Gasteiger partial charge >= 0.3 is 0 Å². The smallest absolute Gasteiger partial charge is 0.209 e. The van der Waals surface area contributed by atoms with Crippen LogP contribution in [0.25, 0.3) is 5.57 Å². The standard InChI is InChI=1S/C48H60N2O14S4.3C16H36N/c1-47(2)40-32-38(67(58,59)60)19-21-42(40)49(25-5-9-29-65(52,53)54)44(47)23-17-34-13-11-14-35(46(34)36-15-12-16-37(31-36)64-28-8-7-27-51)18-24-45-48(3,4)41-33-39(68(61,62)63)20-22-43(41)50(45)26-6-10-30-66(55,56)57;3*1-5-9-13-17(14-10-6-2,15-11-7-3)16-12-8-4/h12,15-24,31-33,51H,5-11,13-14,25-30H2,1-4H3,(H3-,52,53,54,55,56,57,58,59,60,61,62,63);3*5-16H2,1-4H3/q;3*+1/p-3. The Morgan fingerprint density at radius 1 is 0.445 bits per heavy atom. The zero-order valence-electron chi connectivity index (χ0n) is 77.3. The molecule has 0 atom stereocenters. The number of hydrogen-bond donors (Lipinski definition) is 1. The van der Waals surface area contributed by atoms with E-state index in [-0.39, 0.29) is 29.2 Å². The molecule has 0 saturated carbocycles. The van der Waals surface area contributed by atoms with Crippen molar-refractivity contribution in [3.05, 3.63) is 119 Å². The van der Waals surface area contributed by atoms with Gasteiger partial charge in [0.25, 0.3) is 0 Å². The van der Waals surface area contributed by atoms with E-state index < -0.39 is 62.8 Å². The summed E-state index contributed by atoms with van der Waals surface area (Å²) in [6, 6.07) is 16.0. The monoisotopic (exact) mass is 1740 g/mol. The van der Waals surface area contributed by atoms with Gasteiger partial charge in [0.2, 0.25) is 5.69 Å². The van der Waals surface area contributed by atoms with Gasteiger partial charge < -0.3 is 46.4 Å². The van der Waals surface area contributed by atoms with Crippen LogP contribution in [0.1, 0.15) is 339 Å². The fourth-order valence-electron chi connectivity index (χ4n) is 17.3. The van der Waals surface area contributed by atoms with Crippen molar-refractivity contribution in [3.63, 3.8) is 0 Å². The molecule has 1 N–H and O–H groups in total. The number of hydrogen-bond acceptors (Lipinski definition) is 15. The Morgan fingerprint density at radius 2 is 0.849 bits per heavy atom. The Kier molecular flexibility index (Phi) is 50.8. The molecule has 119 heavy (non-hydrogen) atoms. The van der Waals surface area contributed by atoms with Crippen molar-refractivity contribution in [2.24, 2.45) is 0 Å². The highest BCUT2D eigenvalue weighted by Gasteiger charge is 2.45. The van der Waals surface area contributed by atoms with Crippen LogP contribution in [0.3, 0.4) is 0 Å². The first kappa shape index (κ1) is 109. The number of quaternary nitrogens is 3. The highest BCUT2D eigenvalue weighted by atomic mass is 32.2. The molecule has 0 fully saturated rings. The second-order valence-electron chi connectivity index (χ2n) is 35.2. The van der Waals surface area contributed by atoms with Crippen molar-refractivity contribution in [2.75, 3.05) is 121 Å². The average molecular weight is 1740 g/mol. The molecule has 0 unspecified atom stereocenters. The first-order valence-electron chi connectivity index (χ1n) is 46.7. The second kappa shape index (κ2) is 55.7. The van der Waals surface area contributed by atoms with Crippen LogP contribution >= 0.6 is 0 Å². The molecule has 0 aromatic heterocycles. The Hall–Kier alpha value is -4.63. The predicted octanol–water partition coefficient (Wildman–Crippen LogP) is 21.5. The third kappa shape index (κ3) is 37.6. The fourth-order valence-corrected chi connectivity index (χ4v) is 19.4. The molecule has 3 aromatic carbocycles. The normalized spacial score (nSPS) is 15.8. The number of fused-ring (bicyclic) bond motifs is 2. The molecule has 6 rings (SSSR count). The Bertz CT molecular complexity index is 3870. The molecule has 0 saturated heterocycles. The predicted molar refractivity (Wildman–Crippen MR) is 492 cm³/mol. The molecule has 19 nitrogen and oxygen atoms in total. The maximum atomic E-state index is 12.2. The summed E-state index contributed by atoms with van der Waals surface area (Å²) >= 11 is 0. The van der Waals surface area contributed by atoms with Gasteiger partial charge in [-0.2, -0.15) is 4.58 Å². The fraction of sp³-hybridized carbons (Fsp3) is 0.719. The van der Waals surface area contributed by atoms with Crippen LogP contribution in [0.15, 0.2) is 112 Å². The minimum atomic E-state index is -4.80. The molecule has 23 heteroatoms. The third-order valence-electron chi connectivity index (χ3n) is 24.6. The van der Waals surface area contributed by atoms with Crippen molar-refractivity contribution in [1.82, 2.24) is 0 Å². The van der Waals surface area contributed by atoms with E-state index in [9.17, 15) is 57.0 Å². The molecule has 0 radical (unpaired) electrons. The number of aliphatic hydroxyl groups is 1. The first-order valence-corrected chi connectivity index (χ1v) is 52.6. The van der Waals surface area contributed by atoms with E-state index in [0.717, 1.165) is 40.1 Å². The number of benzene rings is 3. The summed E-state index contributed by atoms with van der Waals surface area (Å²) in [7, 11) is -18.5. The molecule has 0 bridgehead atoms. The minimum Gasteiger partial charge on any atom is -0.748 e. The van der Waals surface area contributed by atoms with E-state index in [2.05, 4.69) is 83.1 Å². The van der Waals surface area contributed by atoms with Crippen LogP contribution in [0.2, 0.25) is 0 Å². The van der Waals surface area contributed by atoms with E-state index in [0.29, 0.717) is 86.5 Å². The van der Waals surface area contributed by atoms with Crippen molar-refractivity contribution >= 4 is 63.1 Å². The average Bonchev–Trinajstić information content (AvgIpc) is 1.59. The maximum absolute atomic E-state index is 12.2. The largest absolute Gasteiger partial charge is 0.748 e. The van der Waals surface area contributed by atoms with Crippen LogP contribution in [0.4, 0.5) is 11.4 Å². The molecular formula is C96H165N5O14S4. The Balaban J connectivity index is 0.000000575. The molecule has 0 amide bonds. The Labute approximate surface area is 726 Å². The number of aliphatic hydroxyl groups excluding tert-OH is 1. The topological polar surface area (TPSA) is 265 Å². The van der Waals surface area contributed by atoms with E-state index in [4.69, 9.17) is 4.74 Å². The molecule has 2 heterocycles. The Morgan fingerprint density at radius 3 is 1.24 bits per heavy atom. The summed E-state index contributed by atoms with van der Waals surface area (Å²) in [5.41, 5.74) is 5.87. The zero-order valence-corrected chi connectivity index (χ0v) is 80.5. The lowest BCUT2D eigenvalue weighted by atomic mass is 9.79. The molecule has 2 aliphatic heterocycles. The lowest BCUT2D eigenvalue weighted by Gasteiger charge is -2.39. The molecule has 1 aliphatic carbocycles. The highest BCUT2D eigenvalue weighted by molar-refractivity contribution is 7.86. The summed E-state index contributed by atoms with van der Waals surface area (Å²) in [5.74, 6) is -0.478. The van der Waals surface area contributed by atoms with Gasteiger partial charge in [0.1, 0.15) is 32.5 Å². The number of ether oxygens (including phenoxy) is 1. The third-order valence-corrected chi connectivity index (χ3v) is 27.8. The minimum absolute atomic E-state index is 0.0369. The summed E-state index contributed by atoms with van der Waals surface area (Å²) in [4.78, 5) is 1.19. The summed E-state index contributed by atoms with van der Waals surface area (Å²) in [6.45, 7) is 53.7. The second-order valence-corrected chi connectivity index (χ2v) is 41.0. The van der Waals surface area contributed by atoms with Crippen LogP contribution in [-0.4, -0.2) is 197 Å². The van der Waals surface area contributed by atoms with Gasteiger partial charge in [-0.05, 0) is 219 Å². The highest BCUT2D eigenvalue weighted by Crippen LogP contribution is 2.50. The van der Waals surface area contributed by atoms with Gasteiger partial charge in [-0.15, -0.1) is 0 Å². The van der Waals surface area contributed by atoms with E-state index in [1.807, 2.05) is 85.7 Å². The summed E-state index contributed by atoms with van der Waals surface area (Å²) in [5, 5.41) is 9.32. The van der Waals surface area contributed by atoms with E-state index in [1.165, 1.54) is 270 Å². The number of allylic oxidation sites excluding steroid dienone is 8. The van der Waals surface area contributed by atoms with Gasteiger partial charge in [0, 0.05) is 65.6 Å². The van der Waals surface area contributed by atoms with Crippen molar-refractivity contribution in [2.45, 2.75) is 343 Å². The lowest BCUT2D eigenvalue weighted by Crippen LogP contribution is -2.50. The summed E-state index contributed by atoms with van der Waals surface area (Å²) in [6.07, 6.45) is 45.1. The first-order chi connectivity index (χ1) is 56.4. The van der Waals surface area contributed by atoms with Crippen LogP contribution in [-0.2, 0) is 51.3 Å². The summed E-state index contributed by atoms with van der Waals surface area (Å²) < 4.78 is 154. The van der Waals surface area contributed by atoms with Crippen LogP contribution in [0.5, 0.6) is 5.75 Å². The van der Waals surface area contributed by atoms with Gasteiger partial charge in [0.15, 0.2) is 5.71 Å². The zero-order chi connectivity index (χ0) is 88.8. The van der Waals surface area contributed by atoms with E-state index >= 15 is 0 Å². The van der Waals surface area contributed by atoms with Gasteiger partial charge in [0.05, 0.1) is 121 Å². The van der Waals surface area contributed by atoms with Crippen molar-refractivity contribution < 1.29 is 79.8 Å². The van der Waals surface area contributed by atoms with Crippen LogP contribution < -0.4 is 9.64 Å². The van der Waals surface area contributed by atoms with Gasteiger partial charge in [-0.25, -0.2) is 33.7 Å². The van der Waals surface area contributed by atoms with Gasteiger partial charge in [-0.1, -0.05) is 198 Å². The number of rotatable bonds is 57. The number of unbranched alkanes of at least 4 members (excludes halogenated alkanes) is 15. The number of anilines is 1. The maximum Gasteiger partial charge on any atom is 0.209 e. The van der Waals surface area contributed by atoms with Crippen molar-refractivity contribution in [3.8, 4) is 5.75 Å². The van der Waals surface area contributed by atoms with Crippen molar-refractivity contribution in [1.29, 1.82) is 0 Å². The van der Waals surface area contributed by atoms with E-state index in [1.54, 1.807) is 12.1 Å². The van der Waals surface area contributed by atoms with Crippen LogP contribution in [0, 0.1) is 0 Å².